The molecule has 0 atom stereocenters. The molecule has 10 heterocycles. The first kappa shape index (κ1) is 99.2. The summed E-state index contributed by atoms with van der Waals surface area (Å²) in [7, 11) is 0. The van der Waals surface area contributed by atoms with Gasteiger partial charge in [-0.05, 0) is 134 Å². The smallest absolute Gasteiger partial charge is 0.407 e. The molecular weight excluding hydrogens is 1540 g/mol. The number of benzene rings is 4. The molecule has 0 fully saturated rings. The van der Waals surface area contributed by atoms with Crippen LogP contribution < -0.4 is 80.4 Å². The summed E-state index contributed by atoms with van der Waals surface area (Å²) < 4.78 is 57.2. The van der Waals surface area contributed by atoms with Crippen molar-refractivity contribution in [2.24, 2.45) is 0 Å². The standard InChI is InChI=1S/C91H141N11O18/c1-12-20-58-112-75-66(74(103)32-30-28-29-31-41-99-90(111)120-91(9,10)11)33-34-67(76(75)113-59-21-13-2)83(104)95-45-52-101-53-46-96-87(108)71-38-35-68(77(114-60-22-14-3)80(71)117-63-25-17-6)84(105)92-42-49-100-50-43-93-85(106)69-36-39-72(81(118-64-26-18-7)78(69)115-61-23-15-4)88(109)97-47-54-102(57-56-101)55-48-98-89(110)73-40-37-70(86(107)94-44-51-100)79(116-62-24-16-5)82(73)119-65-27-19-8/h33-40H,12-32,41-65H2,1-11H3,(H,92,105)(H,93,106)(H,94,107)(H,95,104)(H,96,108)(H,97,109)(H,98,110)(H,99,111). The molecule has 0 saturated carbocycles. The molecule has 8 bridgehead atoms. The van der Waals surface area contributed by atoms with Crippen molar-refractivity contribution in [3.05, 3.63) is 93.0 Å². The number of hydrogen-bond acceptors (Lipinski definition) is 21. The number of amides is 8. The monoisotopic (exact) mass is 1680 g/mol. The van der Waals surface area contributed by atoms with Crippen LogP contribution in [-0.2, 0) is 4.74 Å². The Morgan fingerprint density at radius 2 is 0.608 bits per heavy atom. The number of nitrogens with zero attached hydrogens (tertiary/aromatic N) is 3. The van der Waals surface area contributed by atoms with Crippen LogP contribution in [0.2, 0.25) is 0 Å². The van der Waals surface area contributed by atoms with Gasteiger partial charge in [0.15, 0.2) is 51.8 Å². The number of ether oxygens (including phenoxy) is 9. The molecule has 4 aromatic rings. The molecule has 10 aliphatic rings. The van der Waals surface area contributed by atoms with E-state index in [1.807, 2.05) is 81.1 Å². The lowest BCUT2D eigenvalue weighted by atomic mass is 10.00. The molecule has 0 aliphatic carbocycles. The predicted octanol–water partition coefficient (Wildman–Crippen LogP) is 12.9. The van der Waals surface area contributed by atoms with Gasteiger partial charge in [0.1, 0.15) is 5.60 Å². The van der Waals surface area contributed by atoms with Crippen molar-refractivity contribution in [3.8, 4) is 46.0 Å². The maximum absolute atomic E-state index is 14.9. The van der Waals surface area contributed by atoms with E-state index in [1.54, 1.807) is 48.5 Å². The van der Waals surface area contributed by atoms with Gasteiger partial charge in [-0.3, -0.25) is 53.1 Å². The third kappa shape index (κ3) is 33.8. The van der Waals surface area contributed by atoms with Crippen LogP contribution in [0.1, 0.15) is 294 Å². The molecule has 0 aromatic heterocycles. The second kappa shape index (κ2) is 56.1. The number of hydrogen-bond donors (Lipinski definition) is 8. The van der Waals surface area contributed by atoms with Crippen LogP contribution in [0.4, 0.5) is 4.79 Å². The SMILES string of the molecule is CCCCOc1c(C(=O)CCCCCCNC(=O)OC(C)(C)C)ccc(C(=O)NCCN2CCNC(=O)c3ccc(c(OCCCC)c3OCCCC)C(=O)NCCN3CCNC(=O)c4ccc(c(OCCCC)c4OCCCC)C(=O)NCCN(CCNC(=O)c4ccc(c(OCCCC)c4OCCCC)C(=O)NCC3)CC2)c1OCCCC. The highest BCUT2D eigenvalue weighted by molar-refractivity contribution is 6.06. The van der Waals surface area contributed by atoms with Gasteiger partial charge in [-0.15, -0.1) is 0 Å². The van der Waals surface area contributed by atoms with Crippen molar-refractivity contribution in [1.82, 2.24) is 57.2 Å². The summed E-state index contributed by atoms with van der Waals surface area (Å²) in [4.78, 5) is 137. The second-order valence-electron chi connectivity index (χ2n) is 31.2. The first-order valence-corrected chi connectivity index (χ1v) is 44.5. The lowest BCUT2D eigenvalue weighted by Gasteiger charge is -2.28. The maximum atomic E-state index is 14.9. The van der Waals surface area contributed by atoms with E-state index in [0.29, 0.717) is 89.4 Å². The lowest BCUT2D eigenvalue weighted by molar-refractivity contribution is 0.0525. The highest BCUT2D eigenvalue weighted by Crippen LogP contribution is 2.41. The Hall–Kier alpha value is -9.61. The third-order valence-corrected chi connectivity index (χ3v) is 20.1. The Balaban J connectivity index is 1.48. The Kier molecular flexibility index (Phi) is 46.4. The van der Waals surface area contributed by atoms with Gasteiger partial charge in [-0.1, -0.05) is 120 Å². The molecule has 668 valence electrons. The fourth-order valence-electron chi connectivity index (χ4n) is 13.1. The molecule has 8 amide bonds. The molecule has 29 heteroatoms. The van der Waals surface area contributed by atoms with E-state index in [2.05, 4.69) is 52.3 Å². The summed E-state index contributed by atoms with van der Waals surface area (Å²) in [6.45, 7) is 26.9. The van der Waals surface area contributed by atoms with Crippen LogP contribution in [0, 0.1) is 0 Å². The van der Waals surface area contributed by atoms with E-state index in [4.69, 9.17) is 42.6 Å². The zero-order valence-electron chi connectivity index (χ0n) is 73.8. The fourth-order valence-corrected chi connectivity index (χ4v) is 13.1. The van der Waals surface area contributed by atoms with Crippen LogP contribution >= 0.6 is 0 Å². The summed E-state index contributed by atoms with van der Waals surface area (Å²) in [5, 5.41) is 24.6. The lowest BCUT2D eigenvalue weighted by Crippen LogP contribution is -2.46. The summed E-state index contributed by atoms with van der Waals surface area (Å²) >= 11 is 0. The van der Waals surface area contributed by atoms with Crippen LogP contribution in [0.25, 0.3) is 0 Å². The highest BCUT2D eigenvalue weighted by atomic mass is 16.6. The number of rotatable bonds is 44. The number of alkyl carbamates (subject to hydrolysis) is 1. The van der Waals surface area contributed by atoms with Crippen molar-refractivity contribution in [3.63, 3.8) is 0 Å². The number of Topliss-reactive ketones (excluding diaryl/α,β-unsaturated/α-hetero) is 1. The molecule has 0 saturated heterocycles. The average Bonchev–Trinajstić information content (AvgIpc) is 0.826. The van der Waals surface area contributed by atoms with Gasteiger partial charge >= 0.3 is 6.09 Å². The number of unbranched alkanes of at least 4 members (excludes halogenated alkanes) is 11. The normalized spacial score (nSPS) is 15.8. The van der Waals surface area contributed by atoms with Crippen LogP contribution in [0.3, 0.4) is 0 Å². The van der Waals surface area contributed by atoms with Gasteiger partial charge in [-0.2, -0.15) is 0 Å². The van der Waals surface area contributed by atoms with Crippen molar-refractivity contribution < 1.29 is 85.8 Å². The molecule has 10 aliphatic heterocycles. The van der Waals surface area contributed by atoms with E-state index in [9.17, 15) is 43.2 Å². The van der Waals surface area contributed by atoms with Crippen molar-refractivity contribution in [2.45, 2.75) is 217 Å². The summed E-state index contributed by atoms with van der Waals surface area (Å²) in [6.07, 6.45) is 14.1. The number of carbonyl (C=O) groups is 9. The quantitative estimate of drug-likeness (QED) is 0.0151. The Bertz CT molecular complexity index is 3740. The minimum Gasteiger partial charge on any atom is -0.489 e. The van der Waals surface area contributed by atoms with Crippen molar-refractivity contribution in [2.75, 3.05) is 164 Å². The molecule has 0 radical (unpaired) electrons. The van der Waals surface area contributed by atoms with Crippen LogP contribution in [-0.4, -0.2) is 238 Å². The molecule has 0 unspecified atom stereocenters. The number of nitrogens with one attached hydrogen (secondary N) is 8. The van der Waals surface area contributed by atoms with Crippen LogP contribution in [0.15, 0.2) is 48.5 Å². The Morgan fingerprint density at radius 3 is 0.925 bits per heavy atom. The zero-order valence-corrected chi connectivity index (χ0v) is 73.8. The van der Waals surface area contributed by atoms with E-state index < -0.39 is 53.0 Å². The topological polar surface area (TPSA) is 343 Å². The summed E-state index contributed by atoms with van der Waals surface area (Å²) in [5.74, 6) is -2.38. The zero-order chi connectivity index (χ0) is 86.9. The first-order valence-electron chi connectivity index (χ1n) is 44.5. The highest BCUT2D eigenvalue weighted by Gasteiger charge is 2.31. The van der Waals surface area contributed by atoms with E-state index >= 15 is 0 Å². The van der Waals surface area contributed by atoms with E-state index in [-0.39, 0.29) is 242 Å². The molecule has 29 nitrogen and oxygen atoms in total. The molecule has 120 heavy (non-hydrogen) atoms. The maximum Gasteiger partial charge on any atom is 0.407 e. The first-order chi connectivity index (χ1) is 58.2. The van der Waals surface area contributed by atoms with Gasteiger partial charge < -0.3 is 85.2 Å². The molecule has 4 aromatic carbocycles. The van der Waals surface area contributed by atoms with E-state index in [0.717, 1.165) is 64.2 Å². The fraction of sp³-hybridized carbons (Fsp3) is 0.637. The minimum atomic E-state index is -0.609. The van der Waals surface area contributed by atoms with Gasteiger partial charge in [0.25, 0.3) is 41.4 Å². The van der Waals surface area contributed by atoms with E-state index in [1.165, 1.54) is 0 Å². The van der Waals surface area contributed by atoms with Gasteiger partial charge in [0, 0.05) is 118 Å². The second-order valence-corrected chi connectivity index (χ2v) is 31.2. The Labute approximate surface area is 712 Å². The molecule has 0 spiro atoms. The van der Waals surface area contributed by atoms with Gasteiger partial charge in [-0.25, -0.2) is 4.79 Å². The van der Waals surface area contributed by atoms with Gasteiger partial charge in [0.2, 0.25) is 0 Å². The summed E-state index contributed by atoms with van der Waals surface area (Å²) in [5.41, 5.74) is 0.841. The van der Waals surface area contributed by atoms with Crippen molar-refractivity contribution >= 4 is 53.2 Å². The summed E-state index contributed by atoms with van der Waals surface area (Å²) in [6, 6.07) is 12.7. The minimum absolute atomic E-state index is 0.0812. The number of ketones is 1. The Morgan fingerprint density at radius 1 is 0.325 bits per heavy atom. The largest absolute Gasteiger partial charge is 0.489 e. The van der Waals surface area contributed by atoms with Crippen LogP contribution in [0.5, 0.6) is 46.0 Å². The molecule has 14 rings (SSSR count). The average molecular weight is 1680 g/mol. The van der Waals surface area contributed by atoms with Crippen molar-refractivity contribution in [1.29, 1.82) is 0 Å². The number of carbonyl (C=O) groups excluding carboxylic acids is 9. The predicted molar refractivity (Wildman–Crippen MR) is 466 cm³/mol. The molecular formula is C91H141N11O18. The third-order valence-electron chi connectivity index (χ3n) is 20.1. The molecule has 8 N–H and O–H groups in total. The van der Waals surface area contributed by atoms with Gasteiger partial charge in [0.05, 0.1) is 97.4 Å².